The quantitative estimate of drug-likeness (QED) is 0.393. The molecule has 9 nitrogen and oxygen atoms in total. The van der Waals surface area contributed by atoms with Gasteiger partial charge in [-0.1, -0.05) is 6.42 Å². The summed E-state index contributed by atoms with van der Waals surface area (Å²) in [4.78, 5) is 18.6. The Hall–Kier alpha value is -3.21. The highest BCUT2D eigenvalue weighted by Crippen LogP contribution is 2.43. The molecule has 0 spiro atoms. The lowest BCUT2D eigenvalue weighted by atomic mass is 9.85. The van der Waals surface area contributed by atoms with Crippen molar-refractivity contribution in [2.24, 2.45) is 5.92 Å². The predicted octanol–water partition coefficient (Wildman–Crippen LogP) is 4.15. The Balaban J connectivity index is 1.71. The second-order valence-electron chi connectivity index (χ2n) is 10.3. The lowest BCUT2D eigenvalue weighted by molar-refractivity contribution is -0.143. The first-order valence-electron chi connectivity index (χ1n) is 13.0. The molecule has 10 heteroatoms. The number of aliphatic hydroxyl groups is 2. The van der Waals surface area contributed by atoms with Crippen molar-refractivity contribution in [3.63, 3.8) is 0 Å². The van der Waals surface area contributed by atoms with E-state index in [4.69, 9.17) is 14.5 Å². The lowest BCUT2D eigenvalue weighted by Crippen LogP contribution is -2.45. The van der Waals surface area contributed by atoms with E-state index in [0.717, 1.165) is 36.0 Å². The third-order valence-electron chi connectivity index (χ3n) is 8.08. The van der Waals surface area contributed by atoms with Gasteiger partial charge in [-0.05, 0) is 69.4 Å². The molecule has 3 aromatic rings. The summed E-state index contributed by atoms with van der Waals surface area (Å²) in [6, 6.07) is 7.62. The average Bonchev–Trinajstić information content (AvgIpc) is 3.32. The number of benzene rings is 2. The van der Waals surface area contributed by atoms with Gasteiger partial charge in [-0.15, -0.1) is 0 Å². The van der Waals surface area contributed by atoms with Crippen molar-refractivity contribution < 1.29 is 34.0 Å². The van der Waals surface area contributed by atoms with E-state index in [-0.39, 0.29) is 17.6 Å². The van der Waals surface area contributed by atoms with E-state index in [9.17, 15) is 24.5 Å². The summed E-state index contributed by atoms with van der Waals surface area (Å²) in [7, 11) is 2.90. The van der Waals surface area contributed by atoms with Crippen LogP contribution in [0.15, 0.2) is 30.3 Å². The van der Waals surface area contributed by atoms with Gasteiger partial charge >= 0.3 is 5.97 Å². The number of aliphatic carboxylic acids is 1. The Labute approximate surface area is 220 Å². The first kappa shape index (κ1) is 26.4. The summed E-state index contributed by atoms with van der Waals surface area (Å²) in [5, 5.41) is 31.9. The Morgan fingerprint density at radius 3 is 2.66 bits per heavy atom. The minimum atomic E-state index is -1.31. The number of imidazole rings is 1. The molecule has 1 saturated carbocycles. The van der Waals surface area contributed by atoms with Crippen LogP contribution in [-0.4, -0.2) is 57.5 Å². The zero-order valence-electron chi connectivity index (χ0n) is 21.8. The molecule has 0 bridgehead atoms. The van der Waals surface area contributed by atoms with Crippen molar-refractivity contribution in [1.82, 2.24) is 9.55 Å². The molecule has 1 aromatic heterocycles. The zero-order chi connectivity index (χ0) is 27.1. The molecule has 2 aromatic carbocycles. The number of halogens is 1. The summed E-state index contributed by atoms with van der Waals surface area (Å²) in [5.41, 5.74) is 3.40. The standard InChI is InChI=1S/C28H34FN3O6/c1-15-7-9-19-21(31(15)28(36)38-3)10-11-22-24(19)30-26(25(33)20-14-17(29)8-12-23(20)37-2)32(22)18-6-4-5-16(13-18)27(34)35/h8,10-12,14-16,18,25,28,33,36H,4-7,9,13H2,1-3H3,(H,34,35)/t15-,16+,18+,25+,28?/m0/s1. The second-order valence-corrected chi connectivity index (χ2v) is 10.3. The summed E-state index contributed by atoms with van der Waals surface area (Å²) in [6.45, 7) is 2.02. The number of aromatic nitrogens is 2. The van der Waals surface area contributed by atoms with Crippen LogP contribution in [0.3, 0.4) is 0 Å². The molecule has 5 atom stereocenters. The Kier molecular flexibility index (Phi) is 7.30. The SMILES string of the molecule is COc1ccc(F)cc1[C@@H](O)c1nc2c3c(ccc2n1[C@@H]1CCC[C@@H](C(=O)O)C1)N(C(O)OC)[C@@H](C)CC3. The van der Waals surface area contributed by atoms with Gasteiger partial charge in [0.05, 0.1) is 24.1 Å². The van der Waals surface area contributed by atoms with Gasteiger partial charge < -0.3 is 34.3 Å². The predicted molar refractivity (Wildman–Crippen MR) is 139 cm³/mol. The number of hydrogen-bond acceptors (Lipinski definition) is 7. The van der Waals surface area contributed by atoms with Crippen molar-refractivity contribution in [3.05, 3.63) is 53.1 Å². The van der Waals surface area contributed by atoms with Crippen LogP contribution in [0.25, 0.3) is 11.0 Å². The molecule has 1 aliphatic carbocycles. The highest BCUT2D eigenvalue weighted by molar-refractivity contribution is 5.86. The molecule has 2 heterocycles. The number of rotatable bonds is 7. The van der Waals surface area contributed by atoms with E-state index in [0.29, 0.717) is 36.4 Å². The number of fused-ring (bicyclic) bond motifs is 3. The van der Waals surface area contributed by atoms with Gasteiger partial charge in [0.15, 0.2) is 0 Å². The van der Waals surface area contributed by atoms with Crippen LogP contribution < -0.4 is 9.64 Å². The maximum atomic E-state index is 14.3. The molecule has 0 radical (unpaired) electrons. The third-order valence-corrected chi connectivity index (χ3v) is 8.08. The molecule has 1 aliphatic heterocycles. The number of carboxylic acid groups (broad SMARTS) is 1. The van der Waals surface area contributed by atoms with E-state index in [1.54, 1.807) is 0 Å². The Bertz CT molecular complexity index is 1340. The van der Waals surface area contributed by atoms with Crippen LogP contribution >= 0.6 is 0 Å². The van der Waals surface area contributed by atoms with Gasteiger partial charge in [0.25, 0.3) is 0 Å². The fourth-order valence-corrected chi connectivity index (χ4v) is 6.15. The minimum Gasteiger partial charge on any atom is -0.496 e. The third kappa shape index (κ3) is 4.50. The van der Waals surface area contributed by atoms with Gasteiger partial charge in [-0.3, -0.25) is 4.79 Å². The number of nitrogens with zero attached hydrogens (tertiary/aromatic N) is 3. The minimum absolute atomic E-state index is 0.0354. The van der Waals surface area contributed by atoms with Crippen molar-refractivity contribution in [3.8, 4) is 5.75 Å². The first-order chi connectivity index (χ1) is 18.2. The van der Waals surface area contributed by atoms with E-state index < -0.39 is 30.2 Å². The largest absolute Gasteiger partial charge is 0.496 e. The van der Waals surface area contributed by atoms with Crippen LogP contribution in [-0.2, 0) is 16.0 Å². The highest BCUT2D eigenvalue weighted by atomic mass is 19.1. The number of aryl methyl sites for hydroxylation is 1. The summed E-state index contributed by atoms with van der Waals surface area (Å²) >= 11 is 0. The topological polar surface area (TPSA) is 117 Å². The molecule has 1 fully saturated rings. The molecule has 1 unspecified atom stereocenters. The van der Waals surface area contributed by atoms with Gasteiger partial charge in [0.1, 0.15) is 23.5 Å². The molecule has 5 rings (SSSR count). The van der Waals surface area contributed by atoms with Gasteiger partial charge in [-0.2, -0.15) is 0 Å². The highest BCUT2D eigenvalue weighted by Gasteiger charge is 2.35. The fraction of sp³-hybridized carbons (Fsp3) is 0.500. The summed E-state index contributed by atoms with van der Waals surface area (Å²) in [5.74, 6) is -1.20. The molecule has 0 amide bonds. The average molecular weight is 528 g/mol. The first-order valence-corrected chi connectivity index (χ1v) is 13.0. The molecule has 3 N–H and O–H groups in total. The van der Waals surface area contributed by atoms with Crippen molar-refractivity contribution in [2.45, 2.75) is 70.1 Å². The normalized spacial score (nSPS) is 23.2. The van der Waals surface area contributed by atoms with Crippen LogP contribution in [0.2, 0.25) is 0 Å². The maximum absolute atomic E-state index is 14.3. The second kappa shape index (κ2) is 10.5. The fourth-order valence-electron chi connectivity index (χ4n) is 6.15. The van der Waals surface area contributed by atoms with E-state index in [1.807, 2.05) is 28.5 Å². The monoisotopic (exact) mass is 527 g/mol. The van der Waals surface area contributed by atoms with Crippen LogP contribution in [0, 0.1) is 11.7 Å². The van der Waals surface area contributed by atoms with Crippen LogP contribution in [0.1, 0.15) is 68.1 Å². The van der Waals surface area contributed by atoms with Gasteiger partial charge in [-0.25, -0.2) is 9.37 Å². The van der Waals surface area contributed by atoms with E-state index >= 15 is 0 Å². The number of carbonyl (C=O) groups is 1. The van der Waals surface area contributed by atoms with E-state index in [1.165, 1.54) is 32.4 Å². The van der Waals surface area contributed by atoms with Crippen molar-refractivity contribution >= 4 is 22.7 Å². The molecule has 0 saturated heterocycles. The van der Waals surface area contributed by atoms with Crippen LogP contribution in [0.5, 0.6) is 5.75 Å². The number of aliphatic hydroxyl groups excluding tert-OH is 2. The number of methoxy groups -OCH3 is 2. The molecule has 204 valence electrons. The number of ether oxygens (including phenoxy) is 2. The smallest absolute Gasteiger partial charge is 0.306 e. The lowest BCUT2D eigenvalue weighted by Gasteiger charge is -2.39. The van der Waals surface area contributed by atoms with Gasteiger partial charge in [0, 0.05) is 36.0 Å². The zero-order valence-corrected chi connectivity index (χ0v) is 21.8. The number of anilines is 1. The number of hydrogen-bond donors (Lipinski definition) is 3. The summed E-state index contributed by atoms with van der Waals surface area (Å²) in [6.07, 6.45) is 1.51. The van der Waals surface area contributed by atoms with E-state index in [2.05, 4.69) is 0 Å². The Morgan fingerprint density at radius 2 is 1.95 bits per heavy atom. The molecule has 2 aliphatic rings. The van der Waals surface area contributed by atoms with Crippen molar-refractivity contribution in [2.75, 3.05) is 19.1 Å². The van der Waals surface area contributed by atoms with Crippen LogP contribution in [0.4, 0.5) is 10.1 Å². The molecular formula is C28H34FN3O6. The van der Waals surface area contributed by atoms with Gasteiger partial charge in [0.2, 0.25) is 6.41 Å². The molecule has 38 heavy (non-hydrogen) atoms. The number of carboxylic acids is 1. The van der Waals surface area contributed by atoms with Crippen molar-refractivity contribution in [1.29, 1.82) is 0 Å². The molecular weight excluding hydrogens is 493 g/mol. The Morgan fingerprint density at radius 1 is 1.16 bits per heavy atom. The summed E-state index contributed by atoms with van der Waals surface area (Å²) < 4.78 is 26.9. The maximum Gasteiger partial charge on any atom is 0.306 e.